The molecule has 1 atom stereocenters. The molecule has 1 N–H and O–H groups in total. The fourth-order valence-electron chi connectivity index (χ4n) is 3.88. The number of nitrogens with zero attached hydrogens (tertiary/aromatic N) is 1. The Morgan fingerprint density at radius 3 is 2.54 bits per heavy atom. The third kappa shape index (κ3) is 4.18. The van der Waals surface area contributed by atoms with Crippen LogP contribution < -0.4 is 5.32 Å². The van der Waals surface area contributed by atoms with E-state index < -0.39 is 0 Å². The van der Waals surface area contributed by atoms with E-state index >= 15 is 0 Å². The maximum absolute atomic E-state index is 13.3. The average molecular weight is 419 g/mol. The van der Waals surface area contributed by atoms with Crippen molar-refractivity contribution in [2.45, 2.75) is 53.9 Å². The third-order valence-corrected chi connectivity index (χ3v) is 7.76. The highest BCUT2D eigenvalue weighted by atomic mass is 32.1. The first-order valence-corrected chi connectivity index (χ1v) is 11.7. The summed E-state index contributed by atoms with van der Waals surface area (Å²) in [5.74, 6) is 0.503. The summed E-state index contributed by atoms with van der Waals surface area (Å²) in [6, 6.07) is 3.68. The van der Waals surface area contributed by atoms with Crippen molar-refractivity contribution in [2.75, 3.05) is 18.4 Å². The first-order valence-electron chi connectivity index (χ1n) is 10.0. The zero-order chi connectivity index (χ0) is 20.5. The maximum atomic E-state index is 13.3. The van der Waals surface area contributed by atoms with Crippen molar-refractivity contribution in [1.29, 1.82) is 0 Å². The van der Waals surface area contributed by atoms with Gasteiger partial charge in [0.05, 0.1) is 10.4 Å². The Hall–Kier alpha value is -1.66. The van der Waals surface area contributed by atoms with Gasteiger partial charge < -0.3 is 10.2 Å². The molecule has 2 aromatic heterocycles. The number of rotatable bonds is 5. The van der Waals surface area contributed by atoms with E-state index in [4.69, 9.17) is 0 Å². The van der Waals surface area contributed by atoms with E-state index in [1.54, 1.807) is 11.3 Å². The van der Waals surface area contributed by atoms with Crippen molar-refractivity contribution >= 4 is 39.5 Å². The molecule has 2 amide bonds. The molecule has 0 fully saturated rings. The lowest BCUT2D eigenvalue weighted by molar-refractivity contribution is 0.0772. The van der Waals surface area contributed by atoms with E-state index in [0.29, 0.717) is 23.9 Å². The lowest BCUT2D eigenvalue weighted by Gasteiger charge is -2.34. The highest BCUT2D eigenvalue weighted by molar-refractivity contribution is 7.17. The molecule has 152 valence electrons. The zero-order valence-electron chi connectivity index (χ0n) is 17.4. The Bertz CT molecular complexity index is 843. The summed E-state index contributed by atoms with van der Waals surface area (Å²) >= 11 is 3.02. The van der Waals surface area contributed by atoms with Crippen LogP contribution in [-0.4, -0.2) is 29.8 Å². The molecule has 0 aliphatic heterocycles. The molecule has 1 aliphatic rings. The first-order chi connectivity index (χ1) is 13.3. The molecular weight excluding hydrogens is 388 g/mol. The lowest BCUT2D eigenvalue weighted by atomic mass is 9.72. The predicted octanol–water partition coefficient (Wildman–Crippen LogP) is 5.69. The van der Waals surface area contributed by atoms with Crippen molar-refractivity contribution in [3.63, 3.8) is 0 Å². The Kier molecular flexibility index (Phi) is 6.30. The second-order valence-electron chi connectivity index (χ2n) is 8.42. The Balaban J connectivity index is 1.99. The van der Waals surface area contributed by atoms with Crippen LogP contribution in [0.1, 0.15) is 71.5 Å². The van der Waals surface area contributed by atoms with E-state index in [1.807, 2.05) is 36.3 Å². The monoisotopic (exact) mass is 418 g/mol. The minimum Gasteiger partial charge on any atom is -0.339 e. The van der Waals surface area contributed by atoms with Crippen LogP contribution in [0.15, 0.2) is 17.5 Å². The van der Waals surface area contributed by atoms with Crippen molar-refractivity contribution in [2.24, 2.45) is 11.3 Å². The van der Waals surface area contributed by atoms with Gasteiger partial charge in [0.25, 0.3) is 11.8 Å². The molecule has 2 heterocycles. The van der Waals surface area contributed by atoms with E-state index in [-0.39, 0.29) is 17.2 Å². The molecule has 3 rings (SSSR count). The molecule has 6 heteroatoms. The zero-order valence-corrected chi connectivity index (χ0v) is 19.1. The van der Waals surface area contributed by atoms with Crippen LogP contribution in [0.4, 0.5) is 5.00 Å². The lowest BCUT2D eigenvalue weighted by Crippen LogP contribution is -2.32. The minimum absolute atomic E-state index is 0.0400. The van der Waals surface area contributed by atoms with Gasteiger partial charge in [-0.25, -0.2) is 0 Å². The summed E-state index contributed by atoms with van der Waals surface area (Å²) in [6.45, 7) is 12.2. The minimum atomic E-state index is -0.130. The number of hydrogen-bond acceptors (Lipinski definition) is 4. The average Bonchev–Trinajstić information content (AvgIpc) is 3.29. The fraction of sp³-hybridized carbons (Fsp3) is 0.545. The molecular formula is C22H30N2O2S2. The second kappa shape index (κ2) is 8.37. The van der Waals surface area contributed by atoms with Crippen LogP contribution >= 0.6 is 22.7 Å². The largest absolute Gasteiger partial charge is 0.339 e. The summed E-state index contributed by atoms with van der Waals surface area (Å²) < 4.78 is 0. The standard InChI is InChI=1S/C22H30N2O2S2/c1-6-24(7-2)21(26)18-15-11-10-14(22(3,4)5)13-17(15)28-20(18)23-19(25)16-9-8-12-27-16/h8-9,12,14H,6-7,10-11,13H2,1-5H3,(H,23,25)/t14-/m1/s1. The van der Waals surface area contributed by atoms with Crippen LogP contribution in [0.5, 0.6) is 0 Å². The number of amides is 2. The number of carbonyl (C=O) groups excluding carboxylic acids is 2. The number of fused-ring (bicyclic) bond motifs is 1. The van der Waals surface area contributed by atoms with Crippen molar-refractivity contribution in [1.82, 2.24) is 4.90 Å². The number of hydrogen-bond donors (Lipinski definition) is 1. The van der Waals surface area contributed by atoms with Crippen LogP contribution in [0, 0.1) is 11.3 Å². The Morgan fingerprint density at radius 1 is 1.25 bits per heavy atom. The number of thiophene rings is 2. The highest BCUT2D eigenvalue weighted by Gasteiger charge is 2.35. The van der Waals surface area contributed by atoms with Gasteiger partial charge >= 0.3 is 0 Å². The van der Waals surface area contributed by atoms with Crippen molar-refractivity contribution in [3.8, 4) is 0 Å². The van der Waals surface area contributed by atoms with Gasteiger partial charge in [-0.1, -0.05) is 26.8 Å². The summed E-state index contributed by atoms with van der Waals surface area (Å²) in [6.07, 6.45) is 2.98. The van der Waals surface area contributed by atoms with E-state index in [0.717, 1.165) is 35.4 Å². The van der Waals surface area contributed by atoms with Crippen LogP contribution in [-0.2, 0) is 12.8 Å². The molecule has 0 unspecified atom stereocenters. The SMILES string of the molecule is CCN(CC)C(=O)c1c(NC(=O)c2cccs2)sc2c1CC[C@@H](C(C)(C)C)C2. The van der Waals surface area contributed by atoms with Gasteiger partial charge in [-0.15, -0.1) is 22.7 Å². The van der Waals surface area contributed by atoms with Gasteiger partial charge in [0.2, 0.25) is 0 Å². The van der Waals surface area contributed by atoms with E-state index in [2.05, 4.69) is 26.1 Å². The molecule has 0 saturated heterocycles. The van der Waals surface area contributed by atoms with Gasteiger partial charge in [0, 0.05) is 18.0 Å². The third-order valence-electron chi connectivity index (χ3n) is 5.73. The number of anilines is 1. The fourth-order valence-corrected chi connectivity index (χ4v) is 5.81. The number of carbonyl (C=O) groups is 2. The van der Waals surface area contributed by atoms with Crippen LogP contribution in [0.25, 0.3) is 0 Å². The molecule has 0 saturated carbocycles. The van der Waals surface area contributed by atoms with Gasteiger partial charge in [-0.2, -0.15) is 0 Å². The normalized spacial score (nSPS) is 16.5. The topological polar surface area (TPSA) is 49.4 Å². The molecule has 28 heavy (non-hydrogen) atoms. The van der Waals surface area contributed by atoms with E-state index in [1.165, 1.54) is 16.2 Å². The highest BCUT2D eigenvalue weighted by Crippen LogP contribution is 2.44. The molecule has 0 aromatic carbocycles. The molecule has 0 spiro atoms. The molecule has 2 aromatic rings. The van der Waals surface area contributed by atoms with Crippen molar-refractivity contribution < 1.29 is 9.59 Å². The maximum Gasteiger partial charge on any atom is 0.266 e. The molecule has 0 bridgehead atoms. The van der Waals surface area contributed by atoms with E-state index in [9.17, 15) is 9.59 Å². The van der Waals surface area contributed by atoms with Gasteiger partial charge in [0.15, 0.2) is 0 Å². The van der Waals surface area contributed by atoms with Gasteiger partial charge in [-0.05, 0) is 61.5 Å². The predicted molar refractivity (Wildman–Crippen MR) is 119 cm³/mol. The molecule has 0 radical (unpaired) electrons. The summed E-state index contributed by atoms with van der Waals surface area (Å²) in [7, 11) is 0. The molecule has 1 aliphatic carbocycles. The summed E-state index contributed by atoms with van der Waals surface area (Å²) in [4.78, 5) is 29.7. The molecule has 4 nitrogen and oxygen atoms in total. The van der Waals surface area contributed by atoms with Crippen LogP contribution in [0.3, 0.4) is 0 Å². The van der Waals surface area contributed by atoms with Crippen LogP contribution in [0.2, 0.25) is 0 Å². The van der Waals surface area contributed by atoms with Gasteiger partial charge in [-0.3, -0.25) is 9.59 Å². The number of nitrogens with one attached hydrogen (secondary N) is 1. The summed E-state index contributed by atoms with van der Waals surface area (Å²) in [5, 5.41) is 5.66. The smallest absolute Gasteiger partial charge is 0.266 e. The Morgan fingerprint density at radius 2 is 1.96 bits per heavy atom. The summed E-state index contributed by atoms with van der Waals surface area (Å²) in [5.41, 5.74) is 2.12. The second-order valence-corrected chi connectivity index (χ2v) is 10.5. The van der Waals surface area contributed by atoms with Gasteiger partial charge in [0.1, 0.15) is 5.00 Å². The Labute approximate surface area is 176 Å². The van der Waals surface area contributed by atoms with Crippen molar-refractivity contribution in [3.05, 3.63) is 38.4 Å². The quantitative estimate of drug-likeness (QED) is 0.677. The first kappa shape index (κ1) is 21.1.